The predicted octanol–water partition coefficient (Wildman–Crippen LogP) is 9.05. The largest absolute Gasteiger partial charge is 0.462 e. The van der Waals surface area contributed by atoms with Crippen LogP contribution in [0.5, 0.6) is 0 Å². The topological polar surface area (TPSA) is 126 Å². The molecule has 0 spiro atoms. The molecule has 10 heteroatoms. The third-order valence-electron chi connectivity index (χ3n) is 15.2. The SMILES string of the molecule is C=C/C=c1/cc2ccccc2c(COC(=O)C(C)(N(C)C(C)(C)C(C)(C(=O)OCCOC(=O)CC(C)=O)C(C)(C)C(C)(C)C(C)(C)C(=O)OC(C)(C)C)C(C)(C)CC)/c1=C/C. The molecule has 0 aliphatic carbocycles. The zero-order chi connectivity index (χ0) is 47.4. The molecule has 0 aliphatic heterocycles. The van der Waals surface area contributed by atoms with Crippen molar-refractivity contribution in [3.8, 4) is 0 Å². The van der Waals surface area contributed by atoms with Crippen LogP contribution in [0.3, 0.4) is 0 Å². The number of hydrogen-bond acceptors (Lipinski definition) is 10. The van der Waals surface area contributed by atoms with Crippen LogP contribution < -0.4 is 10.4 Å². The lowest BCUT2D eigenvalue weighted by Gasteiger charge is -2.65. The molecule has 0 bridgehead atoms. The van der Waals surface area contributed by atoms with Crippen molar-refractivity contribution < 1.29 is 42.9 Å². The number of benzene rings is 2. The first-order valence-electron chi connectivity index (χ1n) is 21.5. The molecule has 0 fully saturated rings. The Morgan fingerprint density at radius 1 is 0.754 bits per heavy atom. The smallest absolute Gasteiger partial charge is 0.327 e. The maximum absolute atomic E-state index is 15.2. The molecule has 0 N–H and O–H groups in total. The molecule has 10 nitrogen and oxygen atoms in total. The minimum Gasteiger partial charge on any atom is -0.462 e. The van der Waals surface area contributed by atoms with E-state index in [-0.39, 0.29) is 32.0 Å². The Hall–Kier alpha value is -4.31. The van der Waals surface area contributed by atoms with Crippen molar-refractivity contribution in [3.05, 3.63) is 59.0 Å². The van der Waals surface area contributed by atoms with E-state index in [1.807, 2.05) is 166 Å². The molecular formula is C51H77NO9. The van der Waals surface area contributed by atoms with Gasteiger partial charge in [0.1, 0.15) is 43.2 Å². The minimum absolute atomic E-state index is 0.00818. The molecule has 0 radical (unpaired) electrons. The summed E-state index contributed by atoms with van der Waals surface area (Å²) in [5.74, 6) is -2.59. The fourth-order valence-electron chi connectivity index (χ4n) is 8.63. The van der Waals surface area contributed by atoms with Gasteiger partial charge in [-0.25, -0.2) is 0 Å². The summed E-state index contributed by atoms with van der Waals surface area (Å²) < 4.78 is 23.7. The van der Waals surface area contributed by atoms with E-state index in [1.54, 1.807) is 6.08 Å². The second-order valence-electron chi connectivity index (χ2n) is 20.5. The van der Waals surface area contributed by atoms with Gasteiger partial charge in [-0.15, -0.1) is 0 Å². The van der Waals surface area contributed by atoms with Crippen molar-refractivity contribution in [3.63, 3.8) is 0 Å². The van der Waals surface area contributed by atoms with Gasteiger partial charge in [-0.2, -0.15) is 0 Å². The first-order valence-corrected chi connectivity index (χ1v) is 21.5. The molecule has 2 rings (SSSR count). The molecule has 340 valence electrons. The molecule has 2 unspecified atom stereocenters. The zero-order valence-corrected chi connectivity index (χ0v) is 41.0. The van der Waals surface area contributed by atoms with Crippen molar-refractivity contribution >= 4 is 52.6 Å². The second kappa shape index (κ2) is 19.0. The molecule has 0 aliphatic rings. The van der Waals surface area contributed by atoms with E-state index in [1.165, 1.54) is 6.92 Å². The highest BCUT2D eigenvalue weighted by Gasteiger charge is 2.70. The van der Waals surface area contributed by atoms with E-state index in [4.69, 9.17) is 18.9 Å². The van der Waals surface area contributed by atoms with E-state index in [0.29, 0.717) is 6.42 Å². The van der Waals surface area contributed by atoms with Crippen LogP contribution in [0.4, 0.5) is 0 Å². The number of Topliss-reactive ketones (excluding diaryl/α,β-unsaturated/α-hetero) is 1. The van der Waals surface area contributed by atoms with Gasteiger partial charge in [-0.05, 0) is 133 Å². The molecule has 2 aromatic rings. The van der Waals surface area contributed by atoms with Crippen LogP contribution in [-0.2, 0) is 49.5 Å². The van der Waals surface area contributed by atoms with Gasteiger partial charge in [0.05, 0.1) is 10.8 Å². The number of likely N-dealkylation sites (N-methyl/N-ethyl adjacent to an activating group) is 1. The van der Waals surface area contributed by atoms with Crippen molar-refractivity contribution in [2.45, 2.75) is 161 Å². The number of nitrogens with zero attached hydrogens (tertiary/aromatic N) is 1. The molecular weight excluding hydrogens is 771 g/mol. The molecule has 2 aromatic carbocycles. The Labute approximate surface area is 366 Å². The van der Waals surface area contributed by atoms with E-state index >= 15 is 9.59 Å². The highest BCUT2D eigenvalue weighted by Crippen LogP contribution is 2.64. The van der Waals surface area contributed by atoms with Crippen LogP contribution in [-0.4, -0.2) is 71.5 Å². The lowest BCUT2D eigenvalue weighted by molar-refractivity contribution is -0.222. The average Bonchev–Trinajstić information content (AvgIpc) is 3.15. The summed E-state index contributed by atoms with van der Waals surface area (Å²) in [4.78, 5) is 70.1. The van der Waals surface area contributed by atoms with Gasteiger partial charge >= 0.3 is 23.9 Å². The van der Waals surface area contributed by atoms with E-state index < -0.39 is 67.6 Å². The van der Waals surface area contributed by atoms with Crippen molar-refractivity contribution in [1.29, 1.82) is 0 Å². The van der Waals surface area contributed by atoms with Crippen LogP contribution in [0.15, 0.2) is 43.0 Å². The first kappa shape index (κ1) is 52.8. The lowest BCUT2D eigenvalue weighted by Crippen LogP contribution is -2.74. The Bertz CT molecular complexity index is 2100. The van der Waals surface area contributed by atoms with Crippen LogP contribution >= 0.6 is 0 Å². The normalized spacial score (nSPS) is 15.8. The van der Waals surface area contributed by atoms with Crippen molar-refractivity contribution in [2.24, 2.45) is 27.1 Å². The van der Waals surface area contributed by atoms with Crippen LogP contribution in [0.1, 0.15) is 143 Å². The number of carbonyl (C=O) groups excluding carboxylic acids is 5. The number of rotatable bonds is 19. The van der Waals surface area contributed by atoms with Gasteiger partial charge in [0.2, 0.25) is 0 Å². The lowest BCUT2D eigenvalue weighted by atomic mass is 9.43. The Morgan fingerprint density at radius 2 is 1.31 bits per heavy atom. The summed E-state index contributed by atoms with van der Waals surface area (Å²) in [5.41, 5.74) is -7.95. The molecule has 61 heavy (non-hydrogen) atoms. The fourth-order valence-corrected chi connectivity index (χ4v) is 8.63. The number of fused-ring (bicyclic) bond motifs is 1. The summed E-state index contributed by atoms with van der Waals surface area (Å²) in [6.07, 6.45) is 5.88. The molecule has 0 heterocycles. The summed E-state index contributed by atoms with van der Waals surface area (Å²) in [6, 6.07) is 10.1. The number of ketones is 1. The number of carbonyl (C=O) groups is 5. The van der Waals surface area contributed by atoms with Gasteiger partial charge in [-0.1, -0.05) is 97.5 Å². The Balaban J connectivity index is 2.90. The molecule has 0 amide bonds. The quantitative estimate of drug-likeness (QED) is 0.0585. The summed E-state index contributed by atoms with van der Waals surface area (Å²) >= 11 is 0. The van der Waals surface area contributed by atoms with Crippen LogP contribution in [0.2, 0.25) is 0 Å². The standard InChI is InChI=1S/C51H77NO9/c1-21-26-35-32-36-27-24-25-28-38(36)39(37(35)22-2)33-60-43(57)51(19,45(8,9)23-3)52(20)49(16,17)50(18,42(56)59-30-29-58-40(54)31-34(4)53)48(14,15)47(12,13)46(10,11)41(55)61-44(5,6)7/h21-22,24-28,32H,1,23,29-31,33H2,2-20H3/b35-26-,37-22+. The fraction of sp³-hybridized carbons (Fsp3) is 0.627. The van der Waals surface area contributed by atoms with Gasteiger partial charge in [0, 0.05) is 11.1 Å². The molecule has 0 aromatic heterocycles. The zero-order valence-electron chi connectivity index (χ0n) is 41.0. The summed E-state index contributed by atoms with van der Waals surface area (Å²) in [6.45, 7) is 37.1. The van der Waals surface area contributed by atoms with Crippen molar-refractivity contribution in [1.82, 2.24) is 4.90 Å². The molecule has 2 atom stereocenters. The maximum Gasteiger partial charge on any atom is 0.327 e. The van der Waals surface area contributed by atoms with Crippen molar-refractivity contribution in [2.75, 3.05) is 20.3 Å². The Kier molecular flexibility index (Phi) is 16.4. The van der Waals surface area contributed by atoms with Crippen LogP contribution in [0, 0.1) is 27.1 Å². The van der Waals surface area contributed by atoms with E-state index in [9.17, 15) is 14.4 Å². The van der Waals surface area contributed by atoms with E-state index in [0.717, 1.165) is 26.8 Å². The maximum atomic E-state index is 15.2. The predicted molar refractivity (Wildman–Crippen MR) is 245 cm³/mol. The minimum atomic E-state index is -1.51. The number of allylic oxidation sites excluding steroid dienone is 1. The second-order valence-corrected chi connectivity index (χ2v) is 20.5. The molecule has 0 saturated carbocycles. The van der Waals surface area contributed by atoms with Gasteiger partial charge in [-0.3, -0.25) is 28.9 Å². The highest BCUT2D eigenvalue weighted by molar-refractivity contribution is 5.94. The third kappa shape index (κ3) is 10.0. The summed E-state index contributed by atoms with van der Waals surface area (Å²) in [7, 11) is 1.84. The van der Waals surface area contributed by atoms with Crippen LogP contribution in [0.25, 0.3) is 22.9 Å². The van der Waals surface area contributed by atoms with Gasteiger partial charge in [0.15, 0.2) is 0 Å². The molecule has 0 saturated heterocycles. The monoisotopic (exact) mass is 848 g/mol. The first-order chi connectivity index (χ1) is 27.7. The van der Waals surface area contributed by atoms with E-state index in [2.05, 4.69) is 12.6 Å². The Morgan fingerprint density at radius 3 is 1.82 bits per heavy atom. The third-order valence-corrected chi connectivity index (χ3v) is 15.2. The highest BCUT2D eigenvalue weighted by atomic mass is 16.6. The number of ether oxygens (including phenoxy) is 4. The van der Waals surface area contributed by atoms with Gasteiger partial charge in [0.25, 0.3) is 0 Å². The summed E-state index contributed by atoms with van der Waals surface area (Å²) in [5, 5.41) is 3.87. The number of hydrogen-bond donors (Lipinski definition) is 0. The number of esters is 4. The average molecular weight is 848 g/mol. The van der Waals surface area contributed by atoms with Gasteiger partial charge < -0.3 is 18.9 Å².